The van der Waals surface area contributed by atoms with E-state index in [0.717, 1.165) is 0 Å². The molecule has 10 radical (unpaired) electrons. The van der Waals surface area contributed by atoms with E-state index < -0.39 is 0 Å². The Bertz CT molecular complexity index is 406. The van der Waals surface area contributed by atoms with E-state index in [4.69, 9.17) is 0 Å². The molecule has 0 unspecified atom stereocenters. The van der Waals surface area contributed by atoms with Crippen LogP contribution < -0.4 is 0 Å². The van der Waals surface area contributed by atoms with Crippen LogP contribution in [-0.2, 0) is 32.7 Å². The van der Waals surface area contributed by atoms with E-state index in [0.29, 0.717) is 12.1 Å². The van der Waals surface area contributed by atoms with Crippen molar-refractivity contribution < 1.29 is 32.7 Å². The fraction of sp³-hybridized carbons (Fsp3) is 0.250. The molecule has 0 aliphatic heterocycles. The zero-order valence-corrected chi connectivity index (χ0v) is 19.1. The molecule has 4 aliphatic carbocycles. The first-order chi connectivity index (χ1) is 12.1. The fourth-order valence-corrected chi connectivity index (χ4v) is 2.74. The van der Waals surface area contributed by atoms with Crippen LogP contribution in [0.1, 0.15) is 27.7 Å². The summed E-state index contributed by atoms with van der Waals surface area (Å²) in [6.07, 6.45) is 29.3. The van der Waals surface area contributed by atoms with Gasteiger partial charge in [0.25, 0.3) is 0 Å². The number of allylic oxidation sites excluding steroid dienone is 8. The third-order valence-corrected chi connectivity index (χ3v) is 3.69. The maximum Gasteiger partial charge on any atom is 3.00 e. The second-order valence-electron chi connectivity index (χ2n) is 6.65. The molecular weight excluding hydrogens is 391 g/mol. The summed E-state index contributed by atoms with van der Waals surface area (Å²) in [6, 6.07) is 1.000. The number of fused-ring (bicyclic) bond motifs is 2. The summed E-state index contributed by atoms with van der Waals surface area (Å²) in [5, 5.41) is 4.28. The third kappa shape index (κ3) is 8.81. The molecule has 0 N–H and O–H groups in total. The Labute approximate surface area is 187 Å². The van der Waals surface area contributed by atoms with Crippen molar-refractivity contribution in [1.82, 2.24) is 0 Å². The Morgan fingerprint density at radius 3 is 1.00 bits per heavy atom. The molecule has 130 valence electrons. The molecule has 0 heterocycles. The standard InChI is InChI=1S/2C9H7.C6H14N.Y/c2*1-2-5-9-7-3-6-8(9)4-1;1-5(2)7-6(3)4;/h2*1-7H;5-6H,1-4H3;/q;;-1;+3. The summed E-state index contributed by atoms with van der Waals surface area (Å²) in [5.41, 5.74) is 0. The number of rotatable bonds is 2. The van der Waals surface area contributed by atoms with E-state index in [9.17, 15) is 0 Å². The Hall–Kier alpha value is 0.0239. The van der Waals surface area contributed by atoms with Gasteiger partial charge in [-0.25, -0.2) is 0 Å². The fourth-order valence-electron chi connectivity index (χ4n) is 2.74. The van der Waals surface area contributed by atoms with Crippen LogP contribution in [-0.4, -0.2) is 12.1 Å². The molecule has 26 heavy (non-hydrogen) atoms. The van der Waals surface area contributed by atoms with E-state index in [1.54, 1.807) is 0 Å². The predicted octanol–water partition coefficient (Wildman–Crippen LogP) is 5.95. The van der Waals surface area contributed by atoms with Crippen molar-refractivity contribution in [3.05, 3.63) is 116 Å². The molecule has 0 amide bonds. The van der Waals surface area contributed by atoms with E-state index in [1.807, 2.05) is 0 Å². The van der Waals surface area contributed by atoms with Crippen molar-refractivity contribution >= 4 is 0 Å². The molecule has 0 aromatic carbocycles. The minimum Gasteiger partial charge on any atom is -0.658 e. The molecule has 1 nitrogen and oxygen atoms in total. The zero-order chi connectivity index (χ0) is 18.1. The maximum atomic E-state index is 4.28. The summed E-state index contributed by atoms with van der Waals surface area (Å²) in [6.45, 7) is 8.39. The van der Waals surface area contributed by atoms with Crippen molar-refractivity contribution in [2.75, 3.05) is 0 Å². The van der Waals surface area contributed by atoms with Gasteiger partial charge in [0.05, 0.1) is 0 Å². The quantitative estimate of drug-likeness (QED) is 0.525. The molecule has 0 aromatic rings. The second kappa shape index (κ2) is 13.2. The van der Waals surface area contributed by atoms with Gasteiger partial charge in [-0.3, -0.25) is 0 Å². The summed E-state index contributed by atoms with van der Waals surface area (Å²) in [4.78, 5) is 0. The van der Waals surface area contributed by atoms with Gasteiger partial charge >= 0.3 is 32.7 Å². The molecule has 2 saturated carbocycles. The third-order valence-electron chi connectivity index (χ3n) is 3.69. The zero-order valence-electron chi connectivity index (χ0n) is 16.3. The molecular formula is C24H28NY+2. The minimum absolute atomic E-state index is 0. The number of hydrogen-bond acceptors (Lipinski definition) is 0. The molecule has 0 bridgehead atoms. The summed E-state index contributed by atoms with van der Waals surface area (Å²) in [7, 11) is 0. The maximum absolute atomic E-state index is 4.28. The average molecular weight is 419 g/mol. The van der Waals surface area contributed by atoms with E-state index >= 15 is 0 Å². The molecule has 4 rings (SSSR count). The van der Waals surface area contributed by atoms with Crippen molar-refractivity contribution in [2.45, 2.75) is 39.8 Å². The smallest absolute Gasteiger partial charge is 0.658 e. The minimum atomic E-state index is 0. The van der Waals surface area contributed by atoms with Crippen molar-refractivity contribution in [3.63, 3.8) is 0 Å². The van der Waals surface area contributed by atoms with Gasteiger partial charge in [0.2, 0.25) is 0 Å². The van der Waals surface area contributed by atoms with Crippen molar-refractivity contribution in [3.8, 4) is 0 Å². The number of nitrogens with zero attached hydrogens (tertiary/aromatic N) is 1. The summed E-state index contributed by atoms with van der Waals surface area (Å²) >= 11 is 0. The molecule has 2 fully saturated rings. The molecule has 0 saturated heterocycles. The largest absolute Gasteiger partial charge is 3.00 e. The Kier molecular flexibility index (Phi) is 12.3. The van der Waals surface area contributed by atoms with Gasteiger partial charge in [-0.2, -0.15) is 0 Å². The SMILES string of the molecule is CC(C)[N-]C(C)C.[CH]1[CH][C]2C=CC=C[C]2[CH]1.[CH]1[CH][C]2C=CC=C[C]2[CH]1.[Y+3]. The van der Waals surface area contributed by atoms with Crippen LogP contribution in [0.3, 0.4) is 0 Å². The molecule has 0 aromatic heterocycles. The van der Waals surface area contributed by atoms with Crippen LogP contribution in [0.15, 0.2) is 48.6 Å². The Morgan fingerprint density at radius 1 is 0.538 bits per heavy atom. The first-order valence-electron chi connectivity index (χ1n) is 8.97. The first kappa shape index (κ1) is 24.1. The van der Waals surface area contributed by atoms with Gasteiger partial charge in [-0.1, -0.05) is 76.3 Å². The average Bonchev–Trinajstić information content (AvgIpc) is 3.23. The Balaban J connectivity index is 0.000000194. The Morgan fingerprint density at radius 2 is 0.808 bits per heavy atom. The van der Waals surface area contributed by atoms with Crippen LogP contribution in [0.4, 0.5) is 0 Å². The van der Waals surface area contributed by atoms with Crippen molar-refractivity contribution in [1.29, 1.82) is 0 Å². The van der Waals surface area contributed by atoms with Gasteiger partial charge in [0.15, 0.2) is 0 Å². The van der Waals surface area contributed by atoms with Gasteiger partial charge in [0, 0.05) is 23.7 Å². The van der Waals surface area contributed by atoms with Crippen LogP contribution in [0, 0.1) is 62.2 Å². The topological polar surface area (TPSA) is 14.1 Å². The summed E-state index contributed by atoms with van der Waals surface area (Å²) < 4.78 is 0. The number of hydrogen-bond donors (Lipinski definition) is 0. The first-order valence-corrected chi connectivity index (χ1v) is 8.97. The molecule has 0 spiro atoms. The van der Waals surface area contributed by atoms with E-state index in [-0.39, 0.29) is 32.7 Å². The van der Waals surface area contributed by atoms with Crippen LogP contribution >= 0.6 is 0 Å². The second-order valence-corrected chi connectivity index (χ2v) is 6.65. The predicted molar refractivity (Wildman–Crippen MR) is 109 cm³/mol. The van der Waals surface area contributed by atoms with Gasteiger partial charge in [-0.15, -0.1) is 12.1 Å². The van der Waals surface area contributed by atoms with Gasteiger partial charge < -0.3 is 5.32 Å². The normalized spacial score (nSPS) is 21.8. The molecule has 2 heteroatoms. The van der Waals surface area contributed by atoms with E-state index in [1.165, 1.54) is 23.7 Å². The van der Waals surface area contributed by atoms with Crippen LogP contribution in [0.25, 0.3) is 5.32 Å². The van der Waals surface area contributed by atoms with Crippen LogP contribution in [0.5, 0.6) is 0 Å². The summed E-state index contributed by atoms with van der Waals surface area (Å²) in [5.74, 6) is 5.32. The molecule has 0 atom stereocenters. The monoisotopic (exact) mass is 419 g/mol. The van der Waals surface area contributed by atoms with Crippen LogP contribution in [0.2, 0.25) is 0 Å². The molecule has 4 aliphatic rings. The van der Waals surface area contributed by atoms with E-state index in [2.05, 4.69) is 120 Å². The van der Waals surface area contributed by atoms with Crippen molar-refractivity contribution in [2.24, 2.45) is 0 Å². The van der Waals surface area contributed by atoms with Gasteiger partial charge in [-0.05, 0) is 38.5 Å². The van der Waals surface area contributed by atoms with Gasteiger partial charge in [0.1, 0.15) is 0 Å².